The lowest BCUT2D eigenvalue weighted by atomic mass is 10.2. The topological polar surface area (TPSA) is 80.9 Å². The number of pyridine rings is 1. The van der Waals surface area contributed by atoms with E-state index in [1.807, 2.05) is 18.2 Å². The summed E-state index contributed by atoms with van der Waals surface area (Å²) in [6.45, 7) is 0.417. The minimum atomic E-state index is -0.140. The Hall–Kier alpha value is -2.54. The molecule has 6 nitrogen and oxygen atoms in total. The number of carbonyl (C=O) groups is 1. The van der Waals surface area contributed by atoms with E-state index in [2.05, 4.69) is 36.4 Å². The van der Waals surface area contributed by atoms with Crippen LogP contribution in [0.2, 0.25) is 0 Å². The van der Waals surface area contributed by atoms with Crippen molar-refractivity contribution in [3.8, 4) is 11.5 Å². The van der Waals surface area contributed by atoms with Crippen molar-refractivity contribution in [1.29, 1.82) is 0 Å². The van der Waals surface area contributed by atoms with Gasteiger partial charge in [0.25, 0.3) is 5.91 Å². The van der Waals surface area contributed by atoms with Gasteiger partial charge in [-0.05, 0) is 30.3 Å². The molecule has 0 aliphatic heterocycles. The number of nitrogens with zero attached hydrogens (tertiary/aromatic N) is 3. The van der Waals surface area contributed by atoms with E-state index in [9.17, 15) is 4.79 Å². The second-order valence-corrected chi connectivity index (χ2v) is 5.67. The third-order valence-electron chi connectivity index (χ3n) is 3.09. The molecule has 23 heavy (non-hydrogen) atoms. The molecule has 1 N–H and O–H groups in total. The van der Waals surface area contributed by atoms with Crippen LogP contribution < -0.4 is 5.32 Å². The van der Waals surface area contributed by atoms with Crippen LogP contribution >= 0.6 is 15.9 Å². The molecule has 1 aromatic carbocycles. The summed E-state index contributed by atoms with van der Waals surface area (Å²) in [7, 11) is 0. The van der Waals surface area contributed by atoms with Gasteiger partial charge >= 0.3 is 0 Å². The van der Waals surface area contributed by atoms with Gasteiger partial charge < -0.3 is 9.73 Å². The van der Waals surface area contributed by atoms with Gasteiger partial charge in [0.05, 0.1) is 5.56 Å². The first kappa shape index (κ1) is 15.4. The third kappa shape index (κ3) is 4.01. The number of benzene rings is 1. The van der Waals surface area contributed by atoms with E-state index in [1.165, 1.54) is 0 Å². The van der Waals surface area contributed by atoms with Gasteiger partial charge in [-0.2, -0.15) is 0 Å². The van der Waals surface area contributed by atoms with Crippen molar-refractivity contribution >= 4 is 21.8 Å². The lowest BCUT2D eigenvalue weighted by Gasteiger charge is -2.03. The molecular formula is C16H13BrN4O2. The predicted octanol–water partition coefficient (Wildman–Crippen LogP) is 2.87. The fourth-order valence-electron chi connectivity index (χ4n) is 1.98. The Bertz CT molecular complexity index is 805. The molecule has 0 bridgehead atoms. The first-order valence-corrected chi connectivity index (χ1v) is 7.78. The Morgan fingerprint density at radius 2 is 2.13 bits per heavy atom. The van der Waals surface area contributed by atoms with Crippen molar-refractivity contribution in [2.45, 2.75) is 6.42 Å². The lowest BCUT2D eigenvalue weighted by Crippen LogP contribution is -2.25. The van der Waals surface area contributed by atoms with Crippen LogP contribution in [0, 0.1) is 0 Å². The van der Waals surface area contributed by atoms with E-state index < -0.39 is 0 Å². The molecule has 3 rings (SSSR count). The Morgan fingerprint density at radius 3 is 2.91 bits per heavy atom. The highest BCUT2D eigenvalue weighted by Crippen LogP contribution is 2.16. The molecule has 0 saturated carbocycles. The fraction of sp³-hybridized carbons (Fsp3) is 0.125. The molecule has 3 aromatic rings. The highest BCUT2D eigenvalue weighted by Gasteiger charge is 2.10. The smallest absolute Gasteiger partial charge is 0.251 e. The molecule has 2 aromatic heterocycles. The number of halogens is 1. The van der Waals surface area contributed by atoms with E-state index in [-0.39, 0.29) is 5.91 Å². The molecule has 2 heterocycles. The van der Waals surface area contributed by atoms with Crippen LogP contribution in [-0.4, -0.2) is 27.6 Å². The largest absolute Gasteiger partial charge is 0.421 e. The van der Waals surface area contributed by atoms with Crippen molar-refractivity contribution in [2.24, 2.45) is 0 Å². The summed E-state index contributed by atoms with van der Waals surface area (Å²) < 4.78 is 6.42. The van der Waals surface area contributed by atoms with Gasteiger partial charge in [0.1, 0.15) is 0 Å². The highest BCUT2D eigenvalue weighted by molar-refractivity contribution is 9.10. The first-order valence-electron chi connectivity index (χ1n) is 6.99. The zero-order valence-corrected chi connectivity index (χ0v) is 13.7. The summed E-state index contributed by atoms with van der Waals surface area (Å²) in [6, 6.07) is 10.9. The molecule has 0 fully saturated rings. The molecule has 0 aliphatic carbocycles. The second kappa shape index (κ2) is 7.15. The normalized spacial score (nSPS) is 10.5. The number of aromatic nitrogens is 3. The minimum absolute atomic E-state index is 0.140. The summed E-state index contributed by atoms with van der Waals surface area (Å²) >= 11 is 3.34. The number of hydrogen-bond acceptors (Lipinski definition) is 5. The summed E-state index contributed by atoms with van der Waals surface area (Å²) in [5.74, 6) is 0.753. The molecule has 0 saturated heterocycles. The first-order chi connectivity index (χ1) is 11.2. The lowest BCUT2D eigenvalue weighted by molar-refractivity contribution is 0.0953. The van der Waals surface area contributed by atoms with Crippen LogP contribution in [0.15, 0.2) is 57.7 Å². The van der Waals surface area contributed by atoms with Crippen molar-refractivity contribution in [2.75, 3.05) is 6.54 Å². The maximum atomic E-state index is 12.0. The van der Waals surface area contributed by atoms with Crippen LogP contribution in [-0.2, 0) is 6.42 Å². The van der Waals surface area contributed by atoms with Gasteiger partial charge in [-0.25, -0.2) is 0 Å². The van der Waals surface area contributed by atoms with Gasteiger partial charge in [-0.15, -0.1) is 10.2 Å². The standard InChI is InChI=1S/C16H13BrN4O2/c17-13-5-1-3-11(9-13)15(22)19-8-6-14-20-21-16(23-14)12-4-2-7-18-10-12/h1-5,7,9-10H,6,8H2,(H,19,22). The Kier molecular flexibility index (Phi) is 4.77. The van der Waals surface area contributed by atoms with E-state index in [0.717, 1.165) is 10.0 Å². The zero-order valence-electron chi connectivity index (χ0n) is 12.1. The molecule has 0 spiro atoms. The molecule has 1 amide bonds. The number of carbonyl (C=O) groups excluding carboxylic acids is 1. The quantitative estimate of drug-likeness (QED) is 0.744. The van der Waals surface area contributed by atoms with Crippen molar-refractivity contribution in [3.63, 3.8) is 0 Å². The Labute approximate surface area is 141 Å². The number of nitrogens with one attached hydrogen (secondary N) is 1. The molecule has 0 radical (unpaired) electrons. The van der Waals surface area contributed by atoms with E-state index in [4.69, 9.17) is 4.42 Å². The molecule has 0 unspecified atom stereocenters. The van der Waals surface area contributed by atoms with Gasteiger partial charge in [0, 0.05) is 35.4 Å². The maximum Gasteiger partial charge on any atom is 0.251 e. The SMILES string of the molecule is O=C(NCCc1nnc(-c2cccnc2)o1)c1cccc(Br)c1. The number of hydrogen-bond donors (Lipinski definition) is 1. The van der Waals surface area contributed by atoms with Gasteiger partial charge in [-0.3, -0.25) is 9.78 Å². The average Bonchev–Trinajstić information content (AvgIpc) is 3.04. The van der Waals surface area contributed by atoms with E-state index in [1.54, 1.807) is 30.6 Å². The monoisotopic (exact) mass is 372 g/mol. The van der Waals surface area contributed by atoms with E-state index in [0.29, 0.717) is 30.3 Å². The number of rotatable bonds is 5. The average molecular weight is 373 g/mol. The van der Waals surface area contributed by atoms with Gasteiger partial charge in [-0.1, -0.05) is 22.0 Å². The Morgan fingerprint density at radius 1 is 1.22 bits per heavy atom. The highest BCUT2D eigenvalue weighted by atomic mass is 79.9. The molecule has 0 atom stereocenters. The molecular weight excluding hydrogens is 360 g/mol. The zero-order chi connectivity index (χ0) is 16.1. The molecule has 0 aliphatic rings. The predicted molar refractivity (Wildman–Crippen MR) is 87.7 cm³/mol. The van der Waals surface area contributed by atoms with Crippen LogP contribution in [0.4, 0.5) is 0 Å². The van der Waals surface area contributed by atoms with Crippen LogP contribution in [0.25, 0.3) is 11.5 Å². The van der Waals surface area contributed by atoms with Crippen molar-refractivity contribution in [1.82, 2.24) is 20.5 Å². The van der Waals surface area contributed by atoms with Crippen LogP contribution in [0.3, 0.4) is 0 Å². The summed E-state index contributed by atoms with van der Waals surface area (Å²) in [5, 5.41) is 10.8. The Balaban J connectivity index is 1.55. The second-order valence-electron chi connectivity index (χ2n) is 4.76. The van der Waals surface area contributed by atoms with Gasteiger partial charge in [0.15, 0.2) is 0 Å². The van der Waals surface area contributed by atoms with Crippen molar-refractivity contribution in [3.05, 3.63) is 64.7 Å². The molecule has 7 heteroatoms. The maximum absolute atomic E-state index is 12.0. The van der Waals surface area contributed by atoms with E-state index >= 15 is 0 Å². The summed E-state index contributed by atoms with van der Waals surface area (Å²) in [5.41, 5.74) is 1.37. The summed E-state index contributed by atoms with van der Waals surface area (Å²) in [4.78, 5) is 16.0. The fourth-order valence-corrected chi connectivity index (χ4v) is 2.37. The van der Waals surface area contributed by atoms with Gasteiger partial charge in [0.2, 0.25) is 11.8 Å². The molecule has 116 valence electrons. The van der Waals surface area contributed by atoms with Crippen LogP contribution in [0.1, 0.15) is 16.2 Å². The third-order valence-corrected chi connectivity index (χ3v) is 3.58. The summed E-state index contributed by atoms with van der Waals surface area (Å²) in [6.07, 6.45) is 3.80. The van der Waals surface area contributed by atoms with Crippen LogP contribution in [0.5, 0.6) is 0 Å². The minimum Gasteiger partial charge on any atom is -0.421 e. The number of amides is 1. The van der Waals surface area contributed by atoms with Crippen molar-refractivity contribution < 1.29 is 9.21 Å².